The first-order valence-electron chi connectivity index (χ1n) is 40.9. The number of carbonyl (C=O) groups excluding carboxylic acids is 2. The van der Waals surface area contributed by atoms with Crippen LogP contribution in [0.3, 0.4) is 0 Å². The van der Waals surface area contributed by atoms with Crippen LogP contribution in [0.25, 0.3) is 0 Å². The van der Waals surface area contributed by atoms with Crippen molar-refractivity contribution in [2.24, 2.45) is 0 Å². The molecule has 6 heteroatoms. The van der Waals surface area contributed by atoms with Gasteiger partial charge in [0.05, 0.1) is 25.4 Å². The van der Waals surface area contributed by atoms with Crippen molar-refractivity contribution in [3.05, 3.63) is 48.6 Å². The van der Waals surface area contributed by atoms with E-state index < -0.39 is 12.1 Å². The van der Waals surface area contributed by atoms with Gasteiger partial charge < -0.3 is 20.3 Å². The lowest BCUT2D eigenvalue weighted by atomic mass is 10.0. The number of carbonyl (C=O) groups is 2. The topological polar surface area (TPSA) is 95.9 Å². The number of aliphatic hydroxyl groups is 2. The highest BCUT2D eigenvalue weighted by Crippen LogP contribution is 2.20. The zero-order valence-electron chi connectivity index (χ0n) is 60.9. The van der Waals surface area contributed by atoms with E-state index in [2.05, 4.69) is 55.6 Å². The SMILES string of the molecule is CCCCCC/C=C\CCCCCCCC(=O)OCCCCCCCCCCCCCCC/C=C\C/C=C\CCCCCCCCCCCCCCCCCCCC(=O)NC(CO)C(O)/C=C/CCCCCCCCCCCCCCCCCCCCCCC. The Morgan fingerprint density at radius 2 is 0.556 bits per heavy atom. The molecule has 0 saturated heterocycles. The molecule has 530 valence electrons. The van der Waals surface area contributed by atoms with E-state index in [1.165, 1.54) is 372 Å². The van der Waals surface area contributed by atoms with Crippen molar-refractivity contribution in [2.75, 3.05) is 13.2 Å². The first-order valence-corrected chi connectivity index (χ1v) is 40.9. The number of hydrogen-bond donors (Lipinski definition) is 3. The summed E-state index contributed by atoms with van der Waals surface area (Å²) in [7, 11) is 0. The maximum atomic E-state index is 12.6. The summed E-state index contributed by atoms with van der Waals surface area (Å²) in [5.74, 6) is -0.0509. The predicted molar refractivity (Wildman–Crippen MR) is 398 cm³/mol. The molecule has 0 saturated carbocycles. The van der Waals surface area contributed by atoms with E-state index in [0.717, 1.165) is 51.4 Å². The normalized spacial score (nSPS) is 12.7. The van der Waals surface area contributed by atoms with Crippen molar-refractivity contribution in [3.63, 3.8) is 0 Å². The molecular weight excluding hydrogens is 1100 g/mol. The minimum absolute atomic E-state index is 0.00970. The fraction of sp³-hybridized carbons (Fsp3) is 0.881. The number of allylic oxidation sites excluding steroid dienone is 7. The van der Waals surface area contributed by atoms with Crippen LogP contribution in [0, 0.1) is 0 Å². The number of hydrogen-bond acceptors (Lipinski definition) is 5. The molecule has 1 amide bonds. The summed E-state index contributed by atoms with van der Waals surface area (Å²) in [6.07, 6.45) is 105. The molecule has 0 aliphatic carbocycles. The molecule has 2 unspecified atom stereocenters. The highest BCUT2D eigenvalue weighted by Gasteiger charge is 2.18. The van der Waals surface area contributed by atoms with E-state index in [1.807, 2.05) is 6.08 Å². The summed E-state index contributed by atoms with van der Waals surface area (Å²) >= 11 is 0. The Labute approximate surface area is 563 Å². The summed E-state index contributed by atoms with van der Waals surface area (Å²) in [6.45, 7) is 4.93. The molecular formula is C84H159NO5. The highest BCUT2D eigenvalue weighted by molar-refractivity contribution is 5.76. The Balaban J connectivity index is 3.39. The standard InChI is InChI=1S/C84H159NO5/c1-3-5-7-9-11-13-15-17-18-19-20-21-37-40-43-46-49-53-56-60-64-68-72-76-82(87)81(80-86)85-83(88)77-73-69-65-61-57-54-50-47-44-41-38-35-33-31-29-27-25-23-22-24-26-28-30-32-34-36-39-42-45-48-51-55-59-63-67-71-75-79-90-84(89)78-74-70-66-62-58-52-16-14-12-10-8-6-4-2/h14,16,22,24,28,30,72,76,81-82,86-87H,3-13,15,17-21,23,25-27,29,31-71,73-75,77-80H2,1-2H3,(H,85,88)/b16-14-,24-22-,30-28-,76-72+. The molecule has 0 fully saturated rings. The number of unbranched alkanes of at least 4 members (excludes halogenated alkanes) is 60. The fourth-order valence-electron chi connectivity index (χ4n) is 12.8. The lowest BCUT2D eigenvalue weighted by molar-refractivity contribution is -0.143. The second-order valence-corrected chi connectivity index (χ2v) is 28.1. The summed E-state index contributed by atoms with van der Waals surface area (Å²) < 4.78 is 5.49. The molecule has 0 aromatic heterocycles. The molecule has 0 radical (unpaired) electrons. The predicted octanol–water partition coefficient (Wildman–Crippen LogP) is 27.2. The van der Waals surface area contributed by atoms with Gasteiger partial charge in [-0.25, -0.2) is 0 Å². The molecule has 0 aromatic carbocycles. The Bertz CT molecular complexity index is 1500. The molecule has 0 aromatic rings. The number of ether oxygens (including phenoxy) is 1. The maximum absolute atomic E-state index is 12.6. The van der Waals surface area contributed by atoms with Crippen molar-refractivity contribution in [1.29, 1.82) is 0 Å². The Morgan fingerprint density at radius 3 is 0.867 bits per heavy atom. The maximum Gasteiger partial charge on any atom is 0.305 e. The molecule has 6 nitrogen and oxygen atoms in total. The second kappa shape index (κ2) is 79.3. The van der Waals surface area contributed by atoms with Crippen LogP contribution < -0.4 is 5.32 Å². The molecule has 0 rings (SSSR count). The van der Waals surface area contributed by atoms with Crippen LogP contribution in [-0.2, 0) is 14.3 Å². The minimum atomic E-state index is -0.845. The van der Waals surface area contributed by atoms with Crippen molar-refractivity contribution in [2.45, 2.75) is 463 Å². The van der Waals surface area contributed by atoms with Gasteiger partial charge in [-0.15, -0.1) is 0 Å². The van der Waals surface area contributed by atoms with Gasteiger partial charge in [0.1, 0.15) is 0 Å². The van der Waals surface area contributed by atoms with E-state index in [4.69, 9.17) is 4.74 Å². The van der Waals surface area contributed by atoms with Crippen LogP contribution in [0.15, 0.2) is 48.6 Å². The average Bonchev–Trinajstić information content (AvgIpc) is 3.71. The highest BCUT2D eigenvalue weighted by atomic mass is 16.5. The van der Waals surface area contributed by atoms with E-state index >= 15 is 0 Å². The molecule has 0 aliphatic heterocycles. The number of amides is 1. The van der Waals surface area contributed by atoms with E-state index in [9.17, 15) is 19.8 Å². The van der Waals surface area contributed by atoms with E-state index in [0.29, 0.717) is 19.4 Å². The van der Waals surface area contributed by atoms with Crippen molar-refractivity contribution >= 4 is 11.9 Å². The zero-order chi connectivity index (χ0) is 64.9. The van der Waals surface area contributed by atoms with Gasteiger partial charge in [-0.3, -0.25) is 9.59 Å². The summed E-state index contributed by atoms with van der Waals surface area (Å²) in [5, 5.41) is 23.3. The Kier molecular flexibility index (Phi) is 77.3. The van der Waals surface area contributed by atoms with Gasteiger partial charge in [-0.2, -0.15) is 0 Å². The summed E-state index contributed by atoms with van der Waals surface area (Å²) in [6, 6.07) is -0.628. The molecule has 90 heavy (non-hydrogen) atoms. The van der Waals surface area contributed by atoms with Crippen LogP contribution in [0.4, 0.5) is 0 Å². The van der Waals surface area contributed by atoms with Gasteiger partial charge in [0, 0.05) is 12.8 Å². The minimum Gasteiger partial charge on any atom is -0.466 e. The third kappa shape index (κ3) is 74.9. The Hall–Kier alpha value is -2.18. The van der Waals surface area contributed by atoms with Gasteiger partial charge in [0.15, 0.2) is 0 Å². The van der Waals surface area contributed by atoms with Crippen LogP contribution in [0.5, 0.6) is 0 Å². The molecule has 0 bridgehead atoms. The van der Waals surface area contributed by atoms with Gasteiger partial charge >= 0.3 is 5.97 Å². The number of aliphatic hydroxyl groups excluding tert-OH is 2. The number of nitrogens with one attached hydrogen (secondary N) is 1. The van der Waals surface area contributed by atoms with Crippen LogP contribution in [-0.4, -0.2) is 47.4 Å². The van der Waals surface area contributed by atoms with Crippen molar-refractivity contribution in [3.8, 4) is 0 Å². The fourth-order valence-corrected chi connectivity index (χ4v) is 12.8. The number of rotatable bonds is 77. The third-order valence-electron chi connectivity index (χ3n) is 19.1. The van der Waals surface area contributed by atoms with Crippen LogP contribution in [0.2, 0.25) is 0 Å². The van der Waals surface area contributed by atoms with Crippen molar-refractivity contribution in [1.82, 2.24) is 5.32 Å². The third-order valence-corrected chi connectivity index (χ3v) is 19.1. The van der Waals surface area contributed by atoms with Crippen molar-refractivity contribution < 1.29 is 24.5 Å². The second-order valence-electron chi connectivity index (χ2n) is 28.1. The zero-order valence-corrected chi connectivity index (χ0v) is 60.9. The quantitative estimate of drug-likeness (QED) is 0.0320. The van der Waals surface area contributed by atoms with Crippen LogP contribution >= 0.6 is 0 Å². The summed E-state index contributed by atoms with van der Waals surface area (Å²) in [5.41, 5.74) is 0. The van der Waals surface area contributed by atoms with Gasteiger partial charge in [0.2, 0.25) is 5.91 Å². The summed E-state index contributed by atoms with van der Waals surface area (Å²) in [4.78, 5) is 24.6. The van der Waals surface area contributed by atoms with Crippen LogP contribution in [0.1, 0.15) is 450 Å². The van der Waals surface area contributed by atoms with Gasteiger partial charge in [0.25, 0.3) is 0 Å². The smallest absolute Gasteiger partial charge is 0.305 e. The monoisotopic (exact) mass is 1260 g/mol. The van der Waals surface area contributed by atoms with Gasteiger partial charge in [-0.05, 0) is 89.9 Å². The molecule has 2 atom stereocenters. The number of esters is 1. The Morgan fingerprint density at radius 1 is 0.311 bits per heavy atom. The lowest BCUT2D eigenvalue weighted by Crippen LogP contribution is -2.45. The first-order chi connectivity index (χ1) is 44.5. The lowest BCUT2D eigenvalue weighted by Gasteiger charge is -2.20. The molecule has 0 aliphatic rings. The average molecular weight is 1260 g/mol. The molecule has 0 spiro atoms. The van der Waals surface area contributed by atoms with E-state index in [1.54, 1.807) is 6.08 Å². The largest absolute Gasteiger partial charge is 0.466 e. The van der Waals surface area contributed by atoms with E-state index in [-0.39, 0.29) is 18.5 Å². The first kappa shape index (κ1) is 87.8. The molecule has 3 N–H and O–H groups in total. The van der Waals surface area contributed by atoms with Gasteiger partial charge in [-0.1, -0.05) is 396 Å². The molecule has 0 heterocycles.